The third-order valence-electron chi connectivity index (χ3n) is 6.58. The van der Waals surface area contributed by atoms with Crippen molar-refractivity contribution in [1.82, 2.24) is 9.62 Å². The molecule has 33 heavy (non-hydrogen) atoms. The zero-order valence-electron chi connectivity index (χ0n) is 18.8. The molecule has 2 fully saturated rings. The van der Waals surface area contributed by atoms with Crippen LogP contribution in [0.4, 0.5) is 5.69 Å². The van der Waals surface area contributed by atoms with E-state index in [1.54, 1.807) is 50.2 Å². The number of hydrogen-bond donors (Lipinski definition) is 1. The number of piperazine rings is 1. The number of nitrogens with one attached hydrogen (secondary N) is 1. The van der Waals surface area contributed by atoms with Gasteiger partial charge in [-0.25, -0.2) is 8.42 Å². The predicted octanol–water partition coefficient (Wildman–Crippen LogP) is 3.50. The van der Waals surface area contributed by atoms with Gasteiger partial charge in [-0.1, -0.05) is 48.7 Å². The topological polar surface area (TPSA) is 86.8 Å². The molecule has 1 aliphatic carbocycles. The molecule has 176 valence electrons. The van der Waals surface area contributed by atoms with Crippen molar-refractivity contribution in [3.63, 3.8) is 0 Å². The van der Waals surface area contributed by atoms with Gasteiger partial charge in [0.15, 0.2) is 0 Å². The normalized spacial score (nSPS) is 22.5. The summed E-state index contributed by atoms with van der Waals surface area (Å²) >= 11 is 6.33. The van der Waals surface area contributed by atoms with E-state index in [2.05, 4.69) is 5.32 Å². The molecule has 4 rings (SSSR count). The molecule has 1 unspecified atom stereocenters. The van der Waals surface area contributed by atoms with Crippen LogP contribution in [0.25, 0.3) is 0 Å². The molecule has 2 amide bonds. The molecule has 0 bridgehead atoms. The smallest absolute Gasteiger partial charge is 0.247 e. The number of benzene rings is 2. The van der Waals surface area contributed by atoms with E-state index in [-0.39, 0.29) is 29.9 Å². The average Bonchev–Trinajstić information content (AvgIpc) is 3.30. The van der Waals surface area contributed by atoms with Gasteiger partial charge < -0.3 is 5.32 Å². The van der Waals surface area contributed by atoms with E-state index in [1.807, 2.05) is 0 Å². The molecular formula is C24H28ClN3O4S. The molecule has 2 aliphatic rings. The second-order valence-corrected chi connectivity index (χ2v) is 11.3. The molecule has 2 aromatic rings. The van der Waals surface area contributed by atoms with Gasteiger partial charge in [0.1, 0.15) is 5.54 Å². The van der Waals surface area contributed by atoms with Crippen LogP contribution < -0.4 is 10.2 Å². The van der Waals surface area contributed by atoms with Gasteiger partial charge in [-0.15, -0.1) is 0 Å². The lowest BCUT2D eigenvalue weighted by molar-refractivity contribution is -0.133. The van der Waals surface area contributed by atoms with E-state index in [4.69, 9.17) is 11.6 Å². The Morgan fingerprint density at radius 2 is 1.76 bits per heavy atom. The fourth-order valence-corrected chi connectivity index (χ4v) is 6.37. The summed E-state index contributed by atoms with van der Waals surface area (Å²) < 4.78 is 27.8. The van der Waals surface area contributed by atoms with Gasteiger partial charge >= 0.3 is 0 Å². The zero-order chi connectivity index (χ0) is 23.8. The third kappa shape index (κ3) is 4.39. The molecule has 1 saturated heterocycles. The van der Waals surface area contributed by atoms with E-state index in [0.29, 0.717) is 16.3 Å². The van der Waals surface area contributed by atoms with Gasteiger partial charge in [-0.3, -0.25) is 14.5 Å². The third-order valence-corrected chi connectivity index (χ3v) is 8.79. The minimum atomic E-state index is -3.97. The summed E-state index contributed by atoms with van der Waals surface area (Å²) in [5, 5.41) is 3.54. The van der Waals surface area contributed by atoms with Crippen LogP contribution in [0.3, 0.4) is 0 Å². The molecule has 1 heterocycles. The molecule has 7 nitrogen and oxygen atoms in total. The second-order valence-electron chi connectivity index (χ2n) is 8.93. The number of carbonyl (C=O) groups is 2. The number of carbonyl (C=O) groups excluding carboxylic acids is 2. The summed E-state index contributed by atoms with van der Waals surface area (Å²) in [5.74, 6) is -0.842. The van der Waals surface area contributed by atoms with Crippen molar-refractivity contribution in [3.05, 3.63) is 59.1 Å². The number of hydrogen-bond acceptors (Lipinski definition) is 4. The van der Waals surface area contributed by atoms with Crippen molar-refractivity contribution >= 4 is 39.1 Å². The summed E-state index contributed by atoms with van der Waals surface area (Å²) in [5.41, 5.74) is -0.282. The largest absolute Gasteiger partial charge is 0.351 e. The van der Waals surface area contributed by atoms with Gasteiger partial charge in [-0.05, 0) is 56.5 Å². The van der Waals surface area contributed by atoms with E-state index in [9.17, 15) is 18.0 Å². The lowest BCUT2D eigenvalue weighted by Gasteiger charge is -2.47. The van der Waals surface area contributed by atoms with Crippen molar-refractivity contribution in [2.75, 3.05) is 18.0 Å². The van der Waals surface area contributed by atoms with Crippen molar-refractivity contribution < 1.29 is 18.0 Å². The quantitative estimate of drug-likeness (QED) is 0.696. The van der Waals surface area contributed by atoms with Crippen LogP contribution in [-0.2, 0) is 19.6 Å². The van der Waals surface area contributed by atoms with Crippen molar-refractivity contribution in [2.45, 2.75) is 56.0 Å². The first-order chi connectivity index (χ1) is 15.6. The maximum absolute atomic E-state index is 13.7. The molecule has 2 aromatic carbocycles. The van der Waals surface area contributed by atoms with Crippen molar-refractivity contribution in [3.8, 4) is 0 Å². The van der Waals surface area contributed by atoms with Gasteiger partial charge in [0.25, 0.3) is 0 Å². The summed E-state index contributed by atoms with van der Waals surface area (Å²) in [6.45, 7) is 2.88. The summed E-state index contributed by atoms with van der Waals surface area (Å²) in [7, 11) is -3.97. The fourth-order valence-electron chi connectivity index (χ4n) is 4.70. The number of amides is 2. The molecule has 0 spiro atoms. The Kier molecular flexibility index (Phi) is 6.53. The minimum absolute atomic E-state index is 0.0212. The number of nitrogens with zero attached hydrogens (tertiary/aromatic N) is 2. The monoisotopic (exact) mass is 489 g/mol. The molecule has 1 N–H and O–H groups in total. The van der Waals surface area contributed by atoms with Crippen LogP contribution in [0.5, 0.6) is 0 Å². The summed E-state index contributed by atoms with van der Waals surface area (Å²) in [6, 6.07) is 13.2. The van der Waals surface area contributed by atoms with Crippen molar-refractivity contribution in [1.29, 1.82) is 0 Å². The average molecular weight is 490 g/mol. The van der Waals surface area contributed by atoms with Crippen molar-refractivity contribution in [2.24, 2.45) is 0 Å². The Balaban J connectivity index is 1.77. The van der Waals surface area contributed by atoms with E-state index >= 15 is 0 Å². The predicted molar refractivity (Wildman–Crippen MR) is 128 cm³/mol. The Labute approximate surface area is 199 Å². The number of rotatable bonds is 5. The standard InChI is InChI=1S/C24H28ClN3O4S/c1-17-20(25)13-8-14-21(17)28-22(29)15-27(33(31,32)19-11-4-3-5-12-19)16-24(28,2)23(30)26-18-9-6-7-10-18/h3-5,8,11-14,18H,6-7,9-10,15-16H2,1-2H3,(H,26,30). The van der Waals surface area contributed by atoms with E-state index in [0.717, 1.165) is 30.0 Å². The molecular weight excluding hydrogens is 462 g/mol. The van der Waals surface area contributed by atoms with Crippen LogP contribution in [0, 0.1) is 6.92 Å². The molecule has 9 heteroatoms. The Morgan fingerprint density at radius 1 is 1.09 bits per heavy atom. The molecule has 0 aromatic heterocycles. The zero-order valence-corrected chi connectivity index (χ0v) is 20.3. The first-order valence-corrected chi connectivity index (χ1v) is 12.9. The molecule has 0 radical (unpaired) electrons. The Morgan fingerprint density at radius 3 is 2.42 bits per heavy atom. The molecule has 1 aliphatic heterocycles. The number of anilines is 1. The highest BCUT2D eigenvalue weighted by atomic mass is 35.5. The maximum Gasteiger partial charge on any atom is 0.247 e. The van der Waals surface area contributed by atoms with Crippen LogP contribution in [-0.4, -0.2) is 49.2 Å². The van der Waals surface area contributed by atoms with Gasteiger partial charge in [-0.2, -0.15) is 4.31 Å². The fraction of sp³-hybridized carbons (Fsp3) is 0.417. The van der Waals surface area contributed by atoms with Gasteiger partial charge in [0, 0.05) is 23.3 Å². The van der Waals surface area contributed by atoms with E-state index in [1.165, 1.54) is 17.0 Å². The number of sulfonamides is 1. The highest BCUT2D eigenvalue weighted by molar-refractivity contribution is 7.89. The lowest BCUT2D eigenvalue weighted by atomic mass is 9.93. The van der Waals surface area contributed by atoms with Gasteiger partial charge in [0.2, 0.25) is 21.8 Å². The van der Waals surface area contributed by atoms with Crippen LogP contribution in [0.2, 0.25) is 5.02 Å². The highest BCUT2D eigenvalue weighted by Gasteiger charge is 2.51. The van der Waals surface area contributed by atoms with Crippen LogP contribution in [0.15, 0.2) is 53.4 Å². The molecule has 1 saturated carbocycles. The minimum Gasteiger partial charge on any atom is -0.351 e. The van der Waals surface area contributed by atoms with Gasteiger partial charge in [0.05, 0.1) is 11.4 Å². The van der Waals surface area contributed by atoms with Crippen LogP contribution >= 0.6 is 11.6 Å². The number of halogens is 1. The lowest BCUT2D eigenvalue weighted by Crippen LogP contribution is -2.70. The summed E-state index contributed by atoms with van der Waals surface area (Å²) in [4.78, 5) is 28.7. The molecule has 1 atom stereocenters. The first-order valence-electron chi connectivity index (χ1n) is 11.1. The first kappa shape index (κ1) is 23.7. The maximum atomic E-state index is 13.7. The highest BCUT2D eigenvalue weighted by Crippen LogP contribution is 2.36. The second kappa shape index (κ2) is 9.08. The summed E-state index contributed by atoms with van der Waals surface area (Å²) in [6.07, 6.45) is 3.81. The Bertz CT molecular complexity index is 1170. The van der Waals surface area contributed by atoms with E-state index < -0.39 is 21.5 Å². The SMILES string of the molecule is Cc1c(Cl)cccc1N1C(=O)CN(S(=O)(=O)c2ccccc2)CC1(C)C(=O)NC1CCCC1. The Hall–Kier alpha value is -2.42. The van der Waals surface area contributed by atoms with Crippen LogP contribution in [0.1, 0.15) is 38.2 Å².